The molecule has 0 saturated heterocycles. The zero-order valence-electron chi connectivity index (χ0n) is 7.31. The summed E-state index contributed by atoms with van der Waals surface area (Å²) in [5.41, 5.74) is 1.14. The second-order valence-corrected chi connectivity index (χ2v) is 2.99. The van der Waals surface area contributed by atoms with Crippen molar-refractivity contribution in [3.8, 4) is 0 Å². The van der Waals surface area contributed by atoms with Gasteiger partial charge in [-0.25, -0.2) is 4.39 Å². The van der Waals surface area contributed by atoms with Gasteiger partial charge in [0, 0.05) is 11.8 Å². The molecule has 0 spiro atoms. The molecule has 0 saturated carbocycles. The fourth-order valence-electron chi connectivity index (χ4n) is 1.28. The molecule has 2 N–H and O–H groups in total. The minimum atomic E-state index is -0.829. The average molecular weight is 192 g/mol. The molecular weight excluding hydrogens is 183 g/mol. The maximum atomic E-state index is 12.8. The monoisotopic (exact) mass is 192 g/mol. The maximum absolute atomic E-state index is 12.8. The van der Waals surface area contributed by atoms with Crippen molar-refractivity contribution < 1.29 is 9.50 Å². The molecule has 1 unspecified atom stereocenters. The van der Waals surface area contributed by atoms with Crippen LogP contribution in [-0.2, 0) is 0 Å². The van der Waals surface area contributed by atoms with Gasteiger partial charge in [0.2, 0.25) is 0 Å². The summed E-state index contributed by atoms with van der Waals surface area (Å²) in [7, 11) is 0. The fourth-order valence-corrected chi connectivity index (χ4v) is 1.28. The van der Waals surface area contributed by atoms with E-state index >= 15 is 0 Å². The van der Waals surface area contributed by atoms with Crippen molar-refractivity contribution in [2.75, 3.05) is 0 Å². The van der Waals surface area contributed by atoms with E-state index in [-0.39, 0.29) is 5.82 Å². The third-order valence-corrected chi connectivity index (χ3v) is 2.00. The number of aromatic amines is 1. The van der Waals surface area contributed by atoms with Gasteiger partial charge >= 0.3 is 0 Å². The average Bonchev–Trinajstić information content (AvgIpc) is 2.69. The van der Waals surface area contributed by atoms with E-state index in [2.05, 4.69) is 10.2 Å². The van der Waals surface area contributed by atoms with Gasteiger partial charge in [0.1, 0.15) is 11.9 Å². The summed E-state index contributed by atoms with van der Waals surface area (Å²) in [4.78, 5) is 0. The fraction of sp³-hybridized carbons (Fsp3) is 0.100. The zero-order chi connectivity index (χ0) is 9.97. The largest absolute Gasteiger partial charge is 0.384 e. The Hall–Kier alpha value is -1.68. The normalized spacial score (nSPS) is 12.7. The lowest BCUT2D eigenvalue weighted by Gasteiger charge is -2.07. The second-order valence-electron chi connectivity index (χ2n) is 2.99. The summed E-state index contributed by atoms with van der Waals surface area (Å²) in [6.07, 6.45) is 2.26. The smallest absolute Gasteiger partial charge is 0.123 e. The van der Waals surface area contributed by atoms with E-state index < -0.39 is 6.10 Å². The third-order valence-electron chi connectivity index (χ3n) is 2.00. The molecule has 0 radical (unpaired) electrons. The maximum Gasteiger partial charge on any atom is 0.123 e. The first kappa shape index (κ1) is 8.90. The third kappa shape index (κ3) is 1.65. The van der Waals surface area contributed by atoms with Crippen molar-refractivity contribution in [1.82, 2.24) is 10.2 Å². The van der Waals surface area contributed by atoms with E-state index in [1.165, 1.54) is 18.3 Å². The highest BCUT2D eigenvalue weighted by Crippen LogP contribution is 2.20. The molecule has 0 aliphatic heterocycles. The standard InChI is InChI=1S/C10H9FN2O/c11-9-3-1-2-7(4-9)10(14)8-5-12-13-6-8/h1-6,10,14H,(H,12,13). The van der Waals surface area contributed by atoms with E-state index in [0.29, 0.717) is 11.1 Å². The van der Waals surface area contributed by atoms with Gasteiger partial charge in [0.25, 0.3) is 0 Å². The Morgan fingerprint density at radius 2 is 2.21 bits per heavy atom. The minimum absolute atomic E-state index is 0.356. The molecule has 3 nitrogen and oxygen atoms in total. The van der Waals surface area contributed by atoms with Crippen LogP contribution in [0.2, 0.25) is 0 Å². The lowest BCUT2D eigenvalue weighted by molar-refractivity contribution is 0.220. The van der Waals surface area contributed by atoms with E-state index in [0.717, 1.165) is 0 Å². The van der Waals surface area contributed by atoms with Crippen LogP contribution in [-0.4, -0.2) is 15.3 Å². The Balaban J connectivity index is 2.32. The van der Waals surface area contributed by atoms with Gasteiger partial charge in [0.05, 0.1) is 6.20 Å². The van der Waals surface area contributed by atoms with Crippen LogP contribution in [0.1, 0.15) is 17.2 Å². The highest BCUT2D eigenvalue weighted by molar-refractivity contribution is 5.26. The van der Waals surface area contributed by atoms with Crippen LogP contribution in [0.25, 0.3) is 0 Å². The van der Waals surface area contributed by atoms with Gasteiger partial charge in [-0.1, -0.05) is 12.1 Å². The molecule has 0 aliphatic rings. The number of rotatable bonds is 2. The molecule has 4 heteroatoms. The van der Waals surface area contributed by atoms with E-state index in [1.807, 2.05) is 0 Å². The summed E-state index contributed by atoms with van der Waals surface area (Å²) in [6, 6.07) is 5.87. The zero-order valence-corrected chi connectivity index (χ0v) is 7.31. The topological polar surface area (TPSA) is 48.9 Å². The van der Waals surface area contributed by atoms with Crippen LogP contribution in [0.4, 0.5) is 4.39 Å². The molecule has 0 amide bonds. The lowest BCUT2D eigenvalue weighted by Crippen LogP contribution is -1.98. The predicted molar refractivity (Wildman–Crippen MR) is 49.0 cm³/mol. The SMILES string of the molecule is OC(c1cn[nH]c1)c1cccc(F)c1. The lowest BCUT2D eigenvalue weighted by atomic mass is 10.1. The number of nitrogens with zero attached hydrogens (tertiary/aromatic N) is 1. The van der Waals surface area contributed by atoms with Crippen LogP contribution in [0.15, 0.2) is 36.7 Å². The van der Waals surface area contributed by atoms with Crippen molar-refractivity contribution in [2.45, 2.75) is 6.10 Å². The predicted octanol–water partition coefficient (Wildman–Crippen LogP) is 1.63. The molecule has 2 aromatic rings. The molecule has 0 bridgehead atoms. The first-order chi connectivity index (χ1) is 6.77. The Morgan fingerprint density at radius 3 is 2.86 bits per heavy atom. The summed E-state index contributed by atoms with van der Waals surface area (Å²) in [6.45, 7) is 0. The number of benzene rings is 1. The number of nitrogens with one attached hydrogen (secondary N) is 1. The number of halogens is 1. The van der Waals surface area contributed by atoms with Crippen LogP contribution in [0.5, 0.6) is 0 Å². The number of aromatic nitrogens is 2. The van der Waals surface area contributed by atoms with Crippen molar-refractivity contribution >= 4 is 0 Å². The molecule has 1 aromatic carbocycles. The highest BCUT2D eigenvalue weighted by Gasteiger charge is 2.11. The Kier molecular flexibility index (Phi) is 2.28. The van der Waals surface area contributed by atoms with Crippen LogP contribution >= 0.6 is 0 Å². The summed E-state index contributed by atoms with van der Waals surface area (Å²) < 4.78 is 12.8. The molecule has 2 rings (SSSR count). The molecule has 72 valence electrons. The van der Waals surface area contributed by atoms with E-state index in [9.17, 15) is 9.50 Å². The van der Waals surface area contributed by atoms with Gasteiger partial charge < -0.3 is 5.11 Å². The summed E-state index contributed by atoms with van der Waals surface area (Å²) in [5, 5.41) is 16.1. The van der Waals surface area contributed by atoms with Gasteiger partial charge in [-0.15, -0.1) is 0 Å². The quantitative estimate of drug-likeness (QED) is 0.759. The minimum Gasteiger partial charge on any atom is -0.384 e. The van der Waals surface area contributed by atoms with Crippen LogP contribution < -0.4 is 0 Å². The van der Waals surface area contributed by atoms with Gasteiger partial charge in [-0.3, -0.25) is 5.10 Å². The Morgan fingerprint density at radius 1 is 1.36 bits per heavy atom. The molecule has 1 aromatic heterocycles. The van der Waals surface area contributed by atoms with E-state index in [4.69, 9.17) is 0 Å². The van der Waals surface area contributed by atoms with Crippen molar-refractivity contribution in [3.63, 3.8) is 0 Å². The number of hydrogen-bond acceptors (Lipinski definition) is 2. The Labute approximate surface area is 80.2 Å². The van der Waals surface area contributed by atoms with Crippen molar-refractivity contribution in [3.05, 3.63) is 53.6 Å². The molecule has 14 heavy (non-hydrogen) atoms. The van der Waals surface area contributed by atoms with Gasteiger partial charge in [0.15, 0.2) is 0 Å². The van der Waals surface area contributed by atoms with Gasteiger partial charge in [-0.2, -0.15) is 5.10 Å². The number of aliphatic hydroxyl groups is 1. The molecule has 0 aliphatic carbocycles. The number of hydrogen-bond donors (Lipinski definition) is 2. The Bertz CT molecular complexity index is 414. The summed E-state index contributed by atoms with van der Waals surface area (Å²) >= 11 is 0. The molecule has 0 fully saturated rings. The van der Waals surface area contributed by atoms with Crippen molar-refractivity contribution in [2.24, 2.45) is 0 Å². The van der Waals surface area contributed by atoms with Crippen LogP contribution in [0, 0.1) is 5.82 Å². The summed E-state index contributed by atoms with van der Waals surface area (Å²) in [5.74, 6) is -0.356. The van der Waals surface area contributed by atoms with Gasteiger partial charge in [-0.05, 0) is 17.7 Å². The highest BCUT2D eigenvalue weighted by atomic mass is 19.1. The van der Waals surface area contributed by atoms with E-state index in [1.54, 1.807) is 18.3 Å². The first-order valence-electron chi connectivity index (χ1n) is 4.19. The first-order valence-corrected chi connectivity index (χ1v) is 4.19. The van der Waals surface area contributed by atoms with Crippen molar-refractivity contribution in [1.29, 1.82) is 0 Å². The number of H-pyrrole nitrogens is 1. The molecular formula is C10H9FN2O. The number of aliphatic hydroxyl groups excluding tert-OH is 1. The molecule has 1 atom stereocenters. The second kappa shape index (κ2) is 3.59. The molecule has 1 heterocycles. The van der Waals surface area contributed by atoms with Crippen LogP contribution in [0.3, 0.4) is 0 Å².